The first-order valence-corrected chi connectivity index (χ1v) is 5.91. The Morgan fingerprint density at radius 3 is 2.80 bits per heavy atom. The van der Waals surface area contributed by atoms with E-state index in [4.69, 9.17) is 5.11 Å². The van der Waals surface area contributed by atoms with Gasteiger partial charge in [0.15, 0.2) is 0 Å². The van der Waals surface area contributed by atoms with Crippen molar-refractivity contribution < 1.29 is 27.9 Å². The minimum Gasteiger partial charge on any atom is -0.477 e. The normalized spacial score (nSPS) is 18.4. The van der Waals surface area contributed by atoms with Crippen molar-refractivity contribution >= 4 is 11.9 Å². The first-order chi connectivity index (χ1) is 9.29. The van der Waals surface area contributed by atoms with E-state index < -0.39 is 18.1 Å². The van der Waals surface area contributed by atoms with Gasteiger partial charge in [0.05, 0.1) is 6.20 Å². The number of nitrogens with zero attached hydrogens (tertiary/aromatic N) is 2. The molecule has 0 saturated carbocycles. The lowest BCUT2D eigenvalue weighted by Crippen LogP contribution is -2.40. The van der Waals surface area contributed by atoms with E-state index in [1.54, 1.807) is 0 Å². The number of hydrogen-bond acceptors (Lipinski definition) is 3. The molecule has 2 N–H and O–H groups in total. The average molecular weight is 291 g/mol. The Balaban J connectivity index is 1.95. The lowest BCUT2D eigenvalue weighted by molar-refractivity contribution is -0.173. The highest BCUT2D eigenvalue weighted by Crippen LogP contribution is 2.21. The van der Waals surface area contributed by atoms with E-state index in [-0.39, 0.29) is 18.2 Å². The number of hydrogen-bond donors (Lipinski definition) is 2. The first-order valence-electron chi connectivity index (χ1n) is 5.91. The number of carboxylic acid groups (broad SMARTS) is 1. The quantitative estimate of drug-likeness (QED) is 0.863. The number of carboxylic acids is 1. The number of carbonyl (C=O) groups is 2. The molecule has 1 aromatic rings. The van der Waals surface area contributed by atoms with Gasteiger partial charge in [-0.3, -0.25) is 4.79 Å². The van der Waals surface area contributed by atoms with Crippen LogP contribution in [0.2, 0.25) is 0 Å². The van der Waals surface area contributed by atoms with Gasteiger partial charge >= 0.3 is 18.1 Å². The van der Waals surface area contributed by atoms with E-state index in [0.29, 0.717) is 25.2 Å². The summed E-state index contributed by atoms with van der Waals surface area (Å²) in [5, 5.41) is 10.8. The average Bonchev–Trinajstić information content (AvgIpc) is 2.77. The van der Waals surface area contributed by atoms with E-state index in [1.807, 2.05) is 5.32 Å². The Morgan fingerprint density at radius 1 is 1.50 bits per heavy atom. The molecule has 2 rings (SSSR count). The minimum absolute atomic E-state index is 0.0674. The first kappa shape index (κ1) is 14.4. The Hall–Kier alpha value is -2.06. The van der Waals surface area contributed by atoms with E-state index >= 15 is 0 Å². The van der Waals surface area contributed by atoms with Gasteiger partial charge in [0, 0.05) is 19.5 Å². The highest BCUT2D eigenvalue weighted by molar-refractivity contribution is 5.85. The van der Waals surface area contributed by atoms with Gasteiger partial charge < -0.3 is 15.0 Å². The monoisotopic (exact) mass is 291 g/mol. The molecule has 1 aliphatic heterocycles. The zero-order chi connectivity index (χ0) is 14.9. The maximum atomic E-state index is 12.0. The molecule has 1 unspecified atom stereocenters. The molecule has 110 valence electrons. The van der Waals surface area contributed by atoms with Crippen molar-refractivity contribution in [2.45, 2.75) is 25.6 Å². The fourth-order valence-electron chi connectivity index (χ4n) is 2.18. The number of fused-ring (bicyclic) bond motifs is 1. The summed E-state index contributed by atoms with van der Waals surface area (Å²) in [6, 6.07) is 0. The van der Waals surface area contributed by atoms with Crippen molar-refractivity contribution in [1.82, 2.24) is 14.9 Å². The lowest BCUT2D eigenvalue weighted by Gasteiger charge is -2.24. The molecule has 9 heteroatoms. The van der Waals surface area contributed by atoms with Crippen LogP contribution in [-0.4, -0.2) is 39.3 Å². The van der Waals surface area contributed by atoms with Crippen molar-refractivity contribution in [3.05, 3.63) is 17.7 Å². The standard InChI is InChI=1S/C11H12F3N3O3/c12-11(13,14)10(20)16-4-6-1-2-17-7(9(18)19)5-15-8(17)3-6/h5-6H,1-4H2,(H,16,20)(H,18,19). The highest BCUT2D eigenvalue weighted by Gasteiger charge is 2.38. The van der Waals surface area contributed by atoms with Crippen LogP contribution in [-0.2, 0) is 17.8 Å². The number of carbonyl (C=O) groups excluding carboxylic acids is 1. The summed E-state index contributed by atoms with van der Waals surface area (Å²) in [6.45, 7) is 0.261. The maximum absolute atomic E-state index is 12.0. The maximum Gasteiger partial charge on any atom is 0.471 e. The molecule has 0 fully saturated rings. The number of nitrogens with one attached hydrogen (secondary N) is 1. The topological polar surface area (TPSA) is 84.2 Å². The van der Waals surface area contributed by atoms with Crippen LogP contribution in [0.4, 0.5) is 13.2 Å². The summed E-state index contributed by atoms with van der Waals surface area (Å²) in [5.41, 5.74) is 0.0674. The Kier molecular flexibility index (Phi) is 3.69. The second-order valence-electron chi connectivity index (χ2n) is 4.58. The largest absolute Gasteiger partial charge is 0.477 e. The van der Waals surface area contributed by atoms with Crippen LogP contribution >= 0.6 is 0 Å². The number of halogens is 3. The van der Waals surface area contributed by atoms with E-state index in [9.17, 15) is 22.8 Å². The summed E-state index contributed by atoms with van der Waals surface area (Å²) in [5.74, 6) is -2.72. The fraction of sp³-hybridized carbons (Fsp3) is 0.545. The molecular weight excluding hydrogens is 279 g/mol. The molecule has 1 aromatic heterocycles. The molecule has 0 aromatic carbocycles. The summed E-state index contributed by atoms with van der Waals surface area (Å²) in [6.07, 6.45) is -2.83. The SMILES string of the molecule is O=C(O)c1cnc2n1CCC(CNC(=O)C(F)(F)F)C2. The molecule has 0 saturated heterocycles. The van der Waals surface area contributed by atoms with Gasteiger partial charge in [0.1, 0.15) is 11.5 Å². The molecule has 0 bridgehead atoms. The van der Waals surface area contributed by atoms with Crippen LogP contribution in [0.3, 0.4) is 0 Å². The molecule has 1 amide bonds. The van der Waals surface area contributed by atoms with Crippen LogP contribution in [0.15, 0.2) is 6.20 Å². The van der Waals surface area contributed by atoms with Gasteiger partial charge in [-0.15, -0.1) is 0 Å². The molecule has 0 aliphatic carbocycles. The van der Waals surface area contributed by atoms with Crippen molar-refractivity contribution in [3.63, 3.8) is 0 Å². The van der Waals surface area contributed by atoms with Gasteiger partial charge in [-0.05, 0) is 12.3 Å². The number of alkyl halides is 3. The third-order valence-corrected chi connectivity index (χ3v) is 3.20. The molecule has 2 heterocycles. The number of imidazole rings is 1. The Morgan fingerprint density at radius 2 is 2.20 bits per heavy atom. The van der Waals surface area contributed by atoms with Crippen molar-refractivity contribution in [2.75, 3.05) is 6.54 Å². The zero-order valence-electron chi connectivity index (χ0n) is 10.3. The summed E-state index contributed by atoms with van der Waals surface area (Å²) in [4.78, 5) is 25.6. The third-order valence-electron chi connectivity index (χ3n) is 3.20. The van der Waals surface area contributed by atoms with Gasteiger partial charge in [0.2, 0.25) is 0 Å². The van der Waals surface area contributed by atoms with Crippen LogP contribution in [0.5, 0.6) is 0 Å². The number of amides is 1. The molecular formula is C11H12F3N3O3. The number of aromatic carboxylic acids is 1. The predicted molar refractivity (Wildman–Crippen MR) is 60.1 cm³/mol. The van der Waals surface area contributed by atoms with E-state index in [0.717, 1.165) is 0 Å². The number of aromatic nitrogens is 2. The molecule has 0 spiro atoms. The fourth-order valence-corrected chi connectivity index (χ4v) is 2.18. The smallest absolute Gasteiger partial charge is 0.471 e. The molecule has 1 atom stereocenters. The van der Waals surface area contributed by atoms with Crippen LogP contribution in [0.25, 0.3) is 0 Å². The number of rotatable bonds is 3. The summed E-state index contributed by atoms with van der Waals surface area (Å²) >= 11 is 0. The second kappa shape index (κ2) is 5.14. The van der Waals surface area contributed by atoms with Gasteiger partial charge in [-0.25, -0.2) is 9.78 Å². The molecule has 20 heavy (non-hydrogen) atoms. The van der Waals surface area contributed by atoms with Crippen LogP contribution < -0.4 is 5.32 Å². The van der Waals surface area contributed by atoms with Crippen LogP contribution in [0.1, 0.15) is 22.7 Å². The predicted octanol–water partition coefficient (Wildman–Crippen LogP) is 0.822. The third kappa shape index (κ3) is 2.91. The highest BCUT2D eigenvalue weighted by atomic mass is 19.4. The van der Waals surface area contributed by atoms with Gasteiger partial charge in [-0.1, -0.05) is 0 Å². The van der Waals surface area contributed by atoms with Crippen molar-refractivity contribution in [3.8, 4) is 0 Å². The van der Waals surface area contributed by atoms with Crippen molar-refractivity contribution in [2.24, 2.45) is 5.92 Å². The van der Waals surface area contributed by atoms with Crippen LogP contribution in [0, 0.1) is 5.92 Å². The summed E-state index contributed by atoms with van der Waals surface area (Å²) in [7, 11) is 0. The summed E-state index contributed by atoms with van der Waals surface area (Å²) < 4.78 is 37.7. The second-order valence-corrected chi connectivity index (χ2v) is 4.58. The van der Waals surface area contributed by atoms with E-state index in [2.05, 4.69) is 4.98 Å². The van der Waals surface area contributed by atoms with Gasteiger partial charge in [-0.2, -0.15) is 13.2 Å². The lowest BCUT2D eigenvalue weighted by atomic mass is 9.97. The molecule has 0 radical (unpaired) electrons. The Labute approximate surface area is 111 Å². The molecule has 1 aliphatic rings. The minimum atomic E-state index is -4.89. The zero-order valence-corrected chi connectivity index (χ0v) is 10.3. The molecule has 6 nitrogen and oxygen atoms in total. The Bertz CT molecular complexity index is 539. The van der Waals surface area contributed by atoms with Gasteiger partial charge in [0.25, 0.3) is 0 Å². The van der Waals surface area contributed by atoms with Crippen molar-refractivity contribution in [1.29, 1.82) is 0 Å². The van der Waals surface area contributed by atoms with E-state index in [1.165, 1.54) is 10.8 Å².